The summed E-state index contributed by atoms with van der Waals surface area (Å²) >= 11 is 0. The Balaban J connectivity index is 3.38. The molecule has 0 spiro atoms. The van der Waals surface area contributed by atoms with Gasteiger partial charge in [0.15, 0.2) is 0 Å². The van der Waals surface area contributed by atoms with Crippen LogP contribution in [0.2, 0.25) is 0 Å². The maximum absolute atomic E-state index is 11.6. The molecular weight excluding hydrogens is 216 g/mol. The molecule has 0 saturated carbocycles. The van der Waals surface area contributed by atoms with Crippen LogP contribution in [0, 0.1) is 20.8 Å². The largest absolute Gasteiger partial charge is 0.323 e. The standard InChI is InChI=1S/C10H14O4S/c1-7-5-8(2)10(9(3)6-7)15(11,12)14-13-4/h5-6H,1-4H3. The van der Waals surface area contributed by atoms with Crippen molar-refractivity contribution in [1.82, 2.24) is 0 Å². The molecule has 0 aliphatic rings. The molecule has 0 bridgehead atoms. The highest BCUT2D eigenvalue weighted by Gasteiger charge is 2.21. The number of benzene rings is 1. The highest BCUT2D eigenvalue weighted by Crippen LogP contribution is 2.23. The zero-order valence-corrected chi connectivity index (χ0v) is 10.0. The minimum atomic E-state index is -3.81. The molecule has 84 valence electrons. The lowest BCUT2D eigenvalue weighted by atomic mass is 10.1. The average molecular weight is 230 g/mol. The number of hydrogen-bond donors (Lipinski definition) is 0. The molecule has 0 amide bonds. The van der Waals surface area contributed by atoms with Crippen LogP contribution in [0.1, 0.15) is 16.7 Å². The van der Waals surface area contributed by atoms with E-state index in [1.54, 1.807) is 26.0 Å². The fourth-order valence-corrected chi connectivity index (χ4v) is 2.84. The van der Waals surface area contributed by atoms with E-state index in [0.717, 1.165) is 12.7 Å². The molecular formula is C10H14O4S. The minimum absolute atomic E-state index is 0.176. The van der Waals surface area contributed by atoms with Gasteiger partial charge in [0.1, 0.15) is 4.90 Å². The molecule has 5 heteroatoms. The van der Waals surface area contributed by atoms with Crippen LogP contribution in [-0.4, -0.2) is 15.5 Å². The van der Waals surface area contributed by atoms with Crippen molar-refractivity contribution in [1.29, 1.82) is 0 Å². The second-order valence-electron chi connectivity index (χ2n) is 3.42. The van der Waals surface area contributed by atoms with Gasteiger partial charge in [0.25, 0.3) is 0 Å². The molecule has 0 atom stereocenters. The van der Waals surface area contributed by atoms with E-state index in [9.17, 15) is 8.42 Å². The van der Waals surface area contributed by atoms with Gasteiger partial charge < -0.3 is 0 Å². The highest BCUT2D eigenvalue weighted by atomic mass is 32.2. The van der Waals surface area contributed by atoms with E-state index >= 15 is 0 Å². The smallest absolute Gasteiger partial charge is 0.223 e. The Hall–Kier alpha value is -0.910. The Morgan fingerprint density at radius 1 is 1.07 bits per heavy atom. The SMILES string of the molecule is COOS(=O)(=O)c1c(C)cc(C)cc1C. The first-order chi connectivity index (χ1) is 6.88. The van der Waals surface area contributed by atoms with E-state index in [1.165, 1.54) is 0 Å². The van der Waals surface area contributed by atoms with E-state index in [-0.39, 0.29) is 4.90 Å². The van der Waals surface area contributed by atoms with Crippen LogP contribution in [0.3, 0.4) is 0 Å². The fraction of sp³-hybridized carbons (Fsp3) is 0.400. The average Bonchev–Trinajstić information content (AvgIpc) is 1.99. The summed E-state index contributed by atoms with van der Waals surface area (Å²) in [4.78, 5) is 4.39. The van der Waals surface area contributed by atoms with Crippen LogP contribution in [0.5, 0.6) is 0 Å². The van der Waals surface area contributed by atoms with Gasteiger partial charge in [-0.3, -0.25) is 0 Å². The van der Waals surface area contributed by atoms with E-state index in [1.807, 2.05) is 6.92 Å². The Labute approximate surface area is 89.9 Å². The molecule has 0 fully saturated rings. The summed E-state index contributed by atoms with van der Waals surface area (Å²) < 4.78 is 27.6. The normalized spacial score (nSPS) is 11.7. The highest BCUT2D eigenvalue weighted by molar-refractivity contribution is 7.86. The number of hydrogen-bond acceptors (Lipinski definition) is 4. The second kappa shape index (κ2) is 4.30. The lowest BCUT2D eigenvalue weighted by molar-refractivity contribution is -0.172. The van der Waals surface area contributed by atoms with E-state index < -0.39 is 10.1 Å². The zero-order valence-electron chi connectivity index (χ0n) is 9.20. The Bertz CT molecular complexity index is 439. The van der Waals surface area contributed by atoms with Crippen molar-refractivity contribution in [3.8, 4) is 0 Å². The molecule has 1 rings (SSSR count). The molecule has 0 radical (unpaired) electrons. The van der Waals surface area contributed by atoms with Crippen molar-refractivity contribution in [3.05, 3.63) is 28.8 Å². The van der Waals surface area contributed by atoms with Crippen molar-refractivity contribution in [2.45, 2.75) is 25.7 Å². The van der Waals surface area contributed by atoms with E-state index in [2.05, 4.69) is 9.22 Å². The Morgan fingerprint density at radius 2 is 1.53 bits per heavy atom. The van der Waals surface area contributed by atoms with Crippen LogP contribution in [-0.2, 0) is 19.3 Å². The number of rotatable bonds is 3. The van der Waals surface area contributed by atoms with Gasteiger partial charge in [0, 0.05) is 0 Å². The van der Waals surface area contributed by atoms with Crippen LogP contribution in [0.15, 0.2) is 17.0 Å². The first-order valence-electron chi connectivity index (χ1n) is 4.43. The van der Waals surface area contributed by atoms with Crippen molar-refractivity contribution < 1.29 is 17.6 Å². The molecule has 15 heavy (non-hydrogen) atoms. The summed E-state index contributed by atoms with van der Waals surface area (Å²) in [5.74, 6) is 0. The van der Waals surface area contributed by atoms with E-state index in [4.69, 9.17) is 0 Å². The third kappa shape index (κ3) is 2.56. The first kappa shape index (κ1) is 12.2. The van der Waals surface area contributed by atoms with Crippen LogP contribution in [0.25, 0.3) is 0 Å². The van der Waals surface area contributed by atoms with Crippen molar-refractivity contribution >= 4 is 10.1 Å². The summed E-state index contributed by atoms with van der Waals surface area (Å²) in [5.41, 5.74) is 2.33. The van der Waals surface area contributed by atoms with Gasteiger partial charge in [-0.15, -0.1) is 4.33 Å². The monoisotopic (exact) mass is 230 g/mol. The van der Waals surface area contributed by atoms with Gasteiger partial charge in [-0.1, -0.05) is 17.7 Å². The maximum atomic E-state index is 11.6. The topological polar surface area (TPSA) is 52.6 Å². The summed E-state index contributed by atoms with van der Waals surface area (Å²) in [6.45, 7) is 5.37. The van der Waals surface area contributed by atoms with Gasteiger partial charge in [0.2, 0.25) is 0 Å². The predicted octanol–water partition coefficient (Wildman–Crippen LogP) is 1.88. The zero-order chi connectivity index (χ0) is 11.6. The summed E-state index contributed by atoms with van der Waals surface area (Å²) in [6.07, 6.45) is 0. The summed E-state index contributed by atoms with van der Waals surface area (Å²) in [5, 5.41) is 0. The molecule has 0 N–H and O–H groups in total. The van der Waals surface area contributed by atoms with Gasteiger partial charge >= 0.3 is 10.1 Å². The molecule has 4 nitrogen and oxygen atoms in total. The summed E-state index contributed by atoms with van der Waals surface area (Å²) in [6, 6.07) is 3.58. The third-order valence-corrected chi connectivity index (χ3v) is 3.47. The van der Waals surface area contributed by atoms with Crippen LogP contribution in [0.4, 0.5) is 0 Å². The lowest BCUT2D eigenvalue weighted by Crippen LogP contribution is -2.09. The van der Waals surface area contributed by atoms with Crippen molar-refractivity contribution in [2.24, 2.45) is 0 Å². The van der Waals surface area contributed by atoms with Crippen molar-refractivity contribution in [2.75, 3.05) is 7.11 Å². The molecule has 1 aromatic carbocycles. The first-order valence-corrected chi connectivity index (χ1v) is 5.84. The predicted molar refractivity (Wildman–Crippen MR) is 55.9 cm³/mol. The maximum Gasteiger partial charge on any atom is 0.323 e. The molecule has 0 aliphatic carbocycles. The minimum Gasteiger partial charge on any atom is -0.223 e. The molecule has 0 unspecified atom stereocenters. The third-order valence-electron chi connectivity index (χ3n) is 2.01. The van der Waals surface area contributed by atoms with Gasteiger partial charge in [-0.25, -0.2) is 4.89 Å². The fourth-order valence-electron chi connectivity index (χ4n) is 1.68. The molecule has 0 aromatic heterocycles. The van der Waals surface area contributed by atoms with Gasteiger partial charge in [-0.05, 0) is 31.9 Å². The van der Waals surface area contributed by atoms with E-state index in [0.29, 0.717) is 11.1 Å². The van der Waals surface area contributed by atoms with Crippen molar-refractivity contribution in [3.63, 3.8) is 0 Å². The summed E-state index contributed by atoms with van der Waals surface area (Å²) in [7, 11) is -2.65. The van der Waals surface area contributed by atoms with Crippen LogP contribution >= 0.6 is 0 Å². The second-order valence-corrected chi connectivity index (χ2v) is 4.87. The molecule has 0 saturated heterocycles. The number of aryl methyl sites for hydroxylation is 3. The van der Waals surface area contributed by atoms with Gasteiger partial charge in [0.05, 0.1) is 7.11 Å². The van der Waals surface area contributed by atoms with Crippen LogP contribution < -0.4 is 0 Å². The quantitative estimate of drug-likeness (QED) is 0.587. The molecule has 0 heterocycles. The Kier molecular flexibility index (Phi) is 3.49. The molecule has 0 aliphatic heterocycles. The molecule has 1 aromatic rings. The lowest BCUT2D eigenvalue weighted by Gasteiger charge is -2.10. The van der Waals surface area contributed by atoms with Gasteiger partial charge in [-0.2, -0.15) is 8.42 Å². The Morgan fingerprint density at radius 3 is 1.93 bits per heavy atom.